The maximum absolute atomic E-state index is 13.8. The highest BCUT2D eigenvalue weighted by Crippen LogP contribution is 2.38. The van der Waals surface area contributed by atoms with E-state index in [9.17, 15) is 9.90 Å². The van der Waals surface area contributed by atoms with Crippen molar-refractivity contribution >= 4 is 5.91 Å². The second-order valence-corrected chi connectivity index (χ2v) is 10.3. The summed E-state index contributed by atoms with van der Waals surface area (Å²) in [4.78, 5) is 18.0. The minimum Gasteiger partial charge on any atom is -0.389 e. The Kier molecular flexibility index (Phi) is 7.73. The van der Waals surface area contributed by atoms with Crippen molar-refractivity contribution in [3.63, 3.8) is 0 Å². The van der Waals surface area contributed by atoms with Gasteiger partial charge in [-0.05, 0) is 49.4 Å². The van der Waals surface area contributed by atoms with Crippen LogP contribution in [0.2, 0.25) is 0 Å². The predicted octanol–water partition coefficient (Wildman–Crippen LogP) is 4.83. The smallest absolute Gasteiger partial charge is 0.237 e. The zero-order chi connectivity index (χ0) is 24.9. The Hall–Kier alpha value is -2.95. The van der Waals surface area contributed by atoms with Gasteiger partial charge in [0, 0.05) is 33.6 Å². The van der Waals surface area contributed by atoms with Crippen molar-refractivity contribution in [3.05, 3.63) is 107 Å². The molecule has 35 heavy (non-hydrogen) atoms. The number of piperidine rings is 1. The number of benzene rings is 3. The van der Waals surface area contributed by atoms with Gasteiger partial charge in [0.2, 0.25) is 5.91 Å². The molecule has 4 nitrogen and oxygen atoms in total. The van der Waals surface area contributed by atoms with E-state index in [1.807, 2.05) is 50.5 Å². The van der Waals surface area contributed by atoms with Crippen LogP contribution in [-0.2, 0) is 16.6 Å². The lowest BCUT2D eigenvalue weighted by Gasteiger charge is -2.41. The van der Waals surface area contributed by atoms with Gasteiger partial charge in [-0.25, -0.2) is 0 Å². The van der Waals surface area contributed by atoms with Gasteiger partial charge in [-0.1, -0.05) is 90.5 Å². The summed E-state index contributed by atoms with van der Waals surface area (Å²) in [6, 6.07) is 28.8. The maximum atomic E-state index is 13.8. The molecule has 1 saturated heterocycles. The van der Waals surface area contributed by atoms with E-state index >= 15 is 0 Å². The summed E-state index contributed by atoms with van der Waals surface area (Å²) < 4.78 is 0. The Morgan fingerprint density at radius 2 is 1.40 bits per heavy atom. The van der Waals surface area contributed by atoms with E-state index in [4.69, 9.17) is 0 Å². The monoisotopic (exact) mass is 470 g/mol. The van der Waals surface area contributed by atoms with Crippen LogP contribution in [-0.4, -0.2) is 60.1 Å². The molecule has 1 fully saturated rings. The van der Waals surface area contributed by atoms with Gasteiger partial charge in [-0.2, -0.15) is 0 Å². The number of likely N-dealkylation sites (tertiary alicyclic amines) is 1. The van der Waals surface area contributed by atoms with Gasteiger partial charge in [0.25, 0.3) is 0 Å². The third kappa shape index (κ3) is 5.66. The molecule has 3 aromatic carbocycles. The highest BCUT2D eigenvalue weighted by Gasteiger charge is 2.43. The van der Waals surface area contributed by atoms with Gasteiger partial charge < -0.3 is 14.9 Å². The van der Waals surface area contributed by atoms with Gasteiger partial charge in [-0.3, -0.25) is 4.79 Å². The average Bonchev–Trinajstić information content (AvgIpc) is 2.88. The van der Waals surface area contributed by atoms with E-state index in [-0.39, 0.29) is 5.91 Å². The average molecular weight is 471 g/mol. The van der Waals surface area contributed by atoms with Gasteiger partial charge >= 0.3 is 0 Å². The molecule has 1 amide bonds. The van der Waals surface area contributed by atoms with Crippen LogP contribution in [0, 0.1) is 6.92 Å². The van der Waals surface area contributed by atoms with E-state index in [0.29, 0.717) is 12.8 Å². The molecule has 0 radical (unpaired) electrons. The molecule has 0 saturated carbocycles. The highest BCUT2D eigenvalue weighted by molar-refractivity contribution is 5.91. The summed E-state index contributed by atoms with van der Waals surface area (Å²) in [5.41, 5.74) is 3.07. The zero-order valence-electron chi connectivity index (χ0n) is 21.3. The van der Waals surface area contributed by atoms with Gasteiger partial charge in [0.15, 0.2) is 0 Å². The Labute approximate surface area is 210 Å². The summed E-state index contributed by atoms with van der Waals surface area (Å²) in [5.74, 6) is 0.0998. The third-order valence-electron chi connectivity index (χ3n) is 7.55. The molecular weight excluding hydrogens is 432 g/mol. The van der Waals surface area contributed by atoms with Crippen molar-refractivity contribution in [3.8, 4) is 0 Å². The first-order chi connectivity index (χ1) is 16.8. The topological polar surface area (TPSA) is 43.8 Å². The van der Waals surface area contributed by atoms with Crippen LogP contribution in [0.3, 0.4) is 0 Å². The second kappa shape index (κ2) is 10.8. The standard InChI is InChI=1S/C31H38N2O2/c1-25-14-16-26(17-15-25)24-30(35)18-21-33(22-19-30)23-20-31(29(34)32(2)3,27-10-6-4-7-11-27)28-12-8-5-9-13-28/h4-17,35H,18-24H2,1-3H3. The molecule has 4 rings (SSSR count). The molecule has 1 heterocycles. The number of rotatable bonds is 8. The predicted molar refractivity (Wildman–Crippen MR) is 142 cm³/mol. The summed E-state index contributed by atoms with van der Waals surface area (Å²) in [6.07, 6.45) is 2.87. The van der Waals surface area contributed by atoms with Crippen LogP contribution in [0.1, 0.15) is 41.5 Å². The minimum absolute atomic E-state index is 0.0998. The Balaban J connectivity index is 1.52. The van der Waals surface area contributed by atoms with Crippen molar-refractivity contribution < 1.29 is 9.90 Å². The van der Waals surface area contributed by atoms with E-state index in [1.54, 1.807) is 4.90 Å². The van der Waals surface area contributed by atoms with E-state index in [0.717, 1.165) is 43.6 Å². The Bertz CT molecular complexity index is 1050. The Morgan fingerprint density at radius 1 is 0.886 bits per heavy atom. The molecule has 0 aromatic heterocycles. The van der Waals surface area contributed by atoms with E-state index in [1.165, 1.54) is 11.1 Å². The molecule has 4 heteroatoms. The van der Waals surface area contributed by atoms with E-state index in [2.05, 4.69) is 60.4 Å². The summed E-state index contributed by atoms with van der Waals surface area (Å²) in [6.45, 7) is 4.54. The number of hydrogen-bond donors (Lipinski definition) is 1. The van der Waals surface area contributed by atoms with Crippen molar-refractivity contribution in [1.29, 1.82) is 0 Å². The molecule has 0 atom stereocenters. The first kappa shape index (κ1) is 25.2. The molecule has 1 aliphatic heterocycles. The highest BCUT2D eigenvalue weighted by atomic mass is 16.3. The lowest BCUT2D eigenvalue weighted by molar-refractivity contribution is -0.133. The number of nitrogens with zero attached hydrogens (tertiary/aromatic N) is 2. The molecular formula is C31H38N2O2. The fourth-order valence-electron chi connectivity index (χ4n) is 5.42. The molecule has 0 spiro atoms. The lowest BCUT2D eigenvalue weighted by atomic mass is 9.70. The van der Waals surface area contributed by atoms with Crippen LogP contribution < -0.4 is 0 Å². The Morgan fingerprint density at radius 3 is 1.89 bits per heavy atom. The number of carbonyl (C=O) groups is 1. The fraction of sp³-hybridized carbons (Fsp3) is 0.387. The van der Waals surface area contributed by atoms with Crippen LogP contribution in [0.25, 0.3) is 0 Å². The number of likely N-dealkylation sites (N-methyl/N-ethyl adjacent to an activating group) is 1. The maximum Gasteiger partial charge on any atom is 0.237 e. The molecule has 1 aliphatic rings. The fourth-order valence-corrected chi connectivity index (χ4v) is 5.42. The van der Waals surface area contributed by atoms with Crippen molar-refractivity contribution in [2.75, 3.05) is 33.7 Å². The molecule has 3 aromatic rings. The number of aryl methyl sites for hydroxylation is 1. The number of aliphatic hydroxyl groups is 1. The first-order valence-electron chi connectivity index (χ1n) is 12.7. The lowest BCUT2D eigenvalue weighted by Crippen LogP contribution is -2.49. The van der Waals surface area contributed by atoms with Crippen molar-refractivity contribution in [2.24, 2.45) is 0 Å². The SMILES string of the molecule is Cc1ccc(CC2(O)CCN(CCC(C(=O)N(C)C)(c3ccccc3)c3ccccc3)CC2)cc1. The quantitative estimate of drug-likeness (QED) is 0.513. The largest absolute Gasteiger partial charge is 0.389 e. The second-order valence-electron chi connectivity index (χ2n) is 10.3. The third-order valence-corrected chi connectivity index (χ3v) is 7.55. The molecule has 0 unspecified atom stereocenters. The van der Waals surface area contributed by atoms with Crippen molar-refractivity contribution in [2.45, 2.75) is 43.6 Å². The molecule has 0 aliphatic carbocycles. The molecule has 184 valence electrons. The number of amides is 1. The molecule has 1 N–H and O–H groups in total. The molecule has 0 bridgehead atoms. The number of carbonyl (C=O) groups excluding carboxylic acids is 1. The first-order valence-corrected chi connectivity index (χ1v) is 12.7. The van der Waals surface area contributed by atoms with Gasteiger partial charge in [0.05, 0.1) is 5.60 Å². The van der Waals surface area contributed by atoms with Gasteiger partial charge in [0.1, 0.15) is 5.41 Å². The van der Waals surface area contributed by atoms with Crippen LogP contribution in [0.5, 0.6) is 0 Å². The summed E-state index contributed by atoms with van der Waals surface area (Å²) in [7, 11) is 3.68. The van der Waals surface area contributed by atoms with Crippen LogP contribution in [0.4, 0.5) is 0 Å². The van der Waals surface area contributed by atoms with Crippen molar-refractivity contribution in [1.82, 2.24) is 9.80 Å². The summed E-state index contributed by atoms with van der Waals surface area (Å²) in [5, 5.41) is 11.3. The van der Waals surface area contributed by atoms with Gasteiger partial charge in [-0.15, -0.1) is 0 Å². The van der Waals surface area contributed by atoms with Crippen LogP contribution >= 0.6 is 0 Å². The minimum atomic E-state index is -0.748. The normalized spacial score (nSPS) is 16.1. The zero-order valence-corrected chi connectivity index (χ0v) is 21.3. The van der Waals surface area contributed by atoms with E-state index < -0.39 is 11.0 Å². The number of hydrogen-bond acceptors (Lipinski definition) is 3. The van der Waals surface area contributed by atoms with Crippen LogP contribution in [0.15, 0.2) is 84.9 Å². The summed E-state index contributed by atoms with van der Waals surface area (Å²) >= 11 is 0.